The number of pyridine rings is 1. The molecule has 2 aliphatic heterocycles. The zero-order chi connectivity index (χ0) is 21.9. The summed E-state index contributed by atoms with van der Waals surface area (Å²) in [5.41, 5.74) is 3.23. The SMILES string of the molecule is CN1CCN(C[C@@H](NC2=NC(=Cc3c[nH]c4ncccc34)C(=O)N2)c2ccccc2)CC1.Cl.Cl. The van der Waals surface area contributed by atoms with Crippen molar-refractivity contribution in [3.8, 4) is 0 Å². The van der Waals surface area contributed by atoms with Gasteiger partial charge in [0.2, 0.25) is 5.96 Å². The van der Waals surface area contributed by atoms with Crippen LogP contribution in [0.4, 0.5) is 0 Å². The lowest BCUT2D eigenvalue weighted by Gasteiger charge is -2.35. The number of benzene rings is 1. The maximum Gasteiger partial charge on any atom is 0.276 e. The van der Waals surface area contributed by atoms with E-state index >= 15 is 0 Å². The Bertz CT molecular complexity index is 1170. The van der Waals surface area contributed by atoms with Crippen molar-refractivity contribution in [1.82, 2.24) is 30.4 Å². The number of nitrogens with zero attached hydrogens (tertiary/aromatic N) is 4. The van der Waals surface area contributed by atoms with Gasteiger partial charge in [0.25, 0.3) is 5.91 Å². The summed E-state index contributed by atoms with van der Waals surface area (Å²) in [6.45, 7) is 5.03. The third-order valence-corrected chi connectivity index (χ3v) is 6.02. The van der Waals surface area contributed by atoms with Gasteiger partial charge < -0.3 is 15.2 Å². The van der Waals surface area contributed by atoms with Crippen LogP contribution in [0.25, 0.3) is 17.1 Å². The number of nitrogens with one attached hydrogen (secondary N) is 3. The third kappa shape index (κ3) is 5.77. The predicted molar refractivity (Wildman–Crippen MR) is 140 cm³/mol. The van der Waals surface area contributed by atoms with Crippen LogP contribution < -0.4 is 10.6 Å². The molecule has 0 aliphatic carbocycles. The first-order valence-electron chi connectivity index (χ1n) is 10.9. The maximum atomic E-state index is 12.6. The number of aliphatic imine (C=N–C) groups is 1. The van der Waals surface area contributed by atoms with Gasteiger partial charge in [-0.25, -0.2) is 9.98 Å². The Morgan fingerprint density at radius 2 is 1.85 bits per heavy atom. The number of hydrogen-bond donors (Lipinski definition) is 3. The van der Waals surface area contributed by atoms with Gasteiger partial charge in [0, 0.05) is 56.1 Å². The Morgan fingerprint density at radius 3 is 2.62 bits per heavy atom. The van der Waals surface area contributed by atoms with E-state index in [1.54, 1.807) is 12.3 Å². The number of fused-ring (bicyclic) bond motifs is 1. The molecule has 3 aromatic rings. The molecule has 34 heavy (non-hydrogen) atoms. The Kier molecular flexibility index (Phi) is 8.68. The number of likely N-dealkylation sites (N-methyl/N-ethyl adjacent to an activating group) is 1. The predicted octanol–water partition coefficient (Wildman–Crippen LogP) is 2.81. The summed E-state index contributed by atoms with van der Waals surface area (Å²) < 4.78 is 0. The van der Waals surface area contributed by atoms with E-state index < -0.39 is 0 Å². The van der Waals surface area contributed by atoms with Gasteiger partial charge in [0.05, 0.1) is 6.04 Å². The van der Waals surface area contributed by atoms with Crippen LogP contribution >= 0.6 is 24.8 Å². The summed E-state index contributed by atoms with van der Waals surface area (Å²) in [5.74, 6) is 0.277. The minimum absolute atomic E-state index is 0. The number of aromatic nitrogens is 2. The summed E-state index contributed by atoms with van der Waals surface area (Å²) in [5, 5.41) is 7.32. The molecule has 1 aromatic carbocycles. The second-order valence-electron chi connectivity index (χ2n) is 8.30. The lowest BCUT2D eigenvalue weighted by Crippen LogP contribution is -2.49. The Hall–Kier alpha value is -2.91. The highest BCUT2D eigenvalue weighted by molar-refractivity contribution is 6.14. The Morgan fingerprint density at radius 1 is 1.09 bits per heavy atom. The van der Waals surface area contributed by atoms with Crippen molar-refractivity contribution in [2.75, 3.05) is 39.8 Å². The van der Waals surface area contributed by atoms with E-state index in [0.29, 0.717) is 11.7 Å². The monoisotopic (exact) mass is 501 g/mol. The number of hydrogen-bond acceptors (Lipinski definition) is 6. The van der Waals surface area contributed by atoms with Crippen molar-refractivity contribution < 1.29 is 4.79 Å². The van der Waals surface area contributed by atoms with Crippen molar-refractivity contribution in [3.05, 3.63) is 71.7 Å². The minimum Gasteiger partial charge on any atom is -0.348 e. The van der Waals surface area contributed by atoms with E-state index in [1.807, 2.05) is 36.5 Å². The zero-order valence-electron chi connectivity index (χ0n) is 18.9. The van der Waals surface area contributed by atoms with Crippen LogP contribution in [-0.2, 0) is 4.79 Å². The minimum atomic E-state index is -0.211. The number of carbonyl (C=O) groups excluding carboxylic acids is 1. The first kappa shape index (κ1) is 25.7. The fourth-order valence-corrected chi connectivity index (χ4v) is 4.15. The molecule has 1 amide bonds. The van der Waals surface area contributed by atoms with Crippen LogP contribution in [0.5, 0.6) is 0 Å². The van der Waals surface area contributed by atoms with Crippen LogP contribution in [0.1, 0.15) is 17.2 Å². The molecule has 8 nitrogen and oxygen atoms in total. The van der Waals surface area contributed by atoms with Crippen LogP contribution in [0.2, 0.25) is 0 Å². The number of piperazine rings is 1. The number of aromatic amines is 1. The molecule has 2 aromatic heterocycles. The summed E-state index contributed by atoms with van der Waals surface area (Å²) >= 11 is 0. The molecule has 1 saturated heterocycles. The summed E-state index contributed by atoms with van der Waals surface area (Å²) in [4.78, 5) is 29.4. The van der Waals surface area contributed by atoms with Gasteiger partial charge in [-0.15, -0.1) is 24.8 Å². The molecule has 0 bridgehead atoms. The molecule has 180 valence electrons. The number of rotatable bonds is 5. The lowest BCUT2D eigenvalue weighted by molar-refractivity contribution is -0.115. The maximum absolute atomic E-state index is 12.6. The van der Waals surface area contributed by atoms with Gasteiger partial charge >= 0.3 is 0 Å². The lowest BCUT2D eigenvalue weighted by atomic mass is 10.1. The molecular weight excluding hydrogens is 473 g/mol. The molecular formula is C24H29Cl2N7O. The fourth-order valence-electron chi connectivity index (χ4n) is 4.15. The Balaban J connectivity index is 0.00000162. The second-order valence-corrected chi connectivity index (χ2v) is 8.30. The summed E-state index contributed by atoms with van der Waals surface area (Å²) in [7, 11) is 2.16. The molecule has 5 rings (SSSR count). The van der Waals surface area contributed by atoms with Crippen molar-refractivity contribution in [3.63, 3.8) is 0 Å². The van der Waals surface area contributed by atoms with Gasteiger partial charge in [0.15, 0.2) is 0 Å². The largest absolute Gasteiger partial charge is 0.348 e. The first-order chi connectivity index (χ1) is 15.7. The quantitative estimate of drug-likeness (QED) is 0.467. The Labute approximate surface area is 211 Å². The molecule has 1 fully saturated rings. The smallest absolute Gasteiger partial charge is 0.276 e. The van der Waals surface area contributed by atoms with E-state index in [-0.39, 0.29) is 36.8 Å². The summed E-state index contributed by atoms with van der Waals surface area (Å²) in [6.07, 6.45) is 5.38. The zero-order valence-corrected chi connectivity index (χ0v) is 20.5. The number of carbonyl (C=O) groups is 1. The third-order valence-electron chi connectivity index (χ3n) is 6.02. The van der Waals surface area contributed by atoms with E-state index in [1.165, 1.54) is 5.56 Å². The van der Waals surface area contributed by atoms with Crippen LogP contribution in [0.15, 0.2) is 65.5 Å². The van der Waals surface area contributed by atoms with Crippen molar-refractivity contribution >= 4 is 53.8 Å². The van der Waals surface area contributed by atoms with Crippen LogP contribution in [0, 0.1) is 0 Å². The number of amides is 1. The molecule has 0 saturated carbocycles. The first-order valence-corrected chi connectivity index (χ1v) is 10.9. The van der Waals surface area contributed by atoms with Crippen LogP contribution in [-0.4, -0.2) is 71.4 Å². The molecule has 4 heterocycles. The molecule has 0 spiro atoms. The van der Waals surface area contributed by atoms with Crippen molar-refractivity contribution in [2.45, 2.75) is 6.04 Å². The normalized spacial score (nSPS) is 18.7. The highest BCUT2D eigenvalue weighted by Crippen LogP contribution is 2.21. The van der Waals surface area contributed by atoms with E-state index in [4.69, 9.17) is 0 Å². The van der Waals surface area contributed by atoms with Gasteiger partial charge in [-0.2, -0.15) is 0 Å². The average Bonchev–Trinajstić information content (AvgIpc) is 3.38. The topological polar surface area (TPSA) is 88.7 Å². The molecule has 1 atom stereocenters. The molecule has 0 radical (unpaired) electrons. The van der Waals surface area contributed by atoms with Gasteiger partial charge in [-0.3, -0.25) is 15.0 Å². The highest BCUT2D eigenvalue weighted by atomic mass is 35.5. The molecule has 0 unspecified atom stereocenters. The van der Waals surface area contributed by atoms with E-state index in [2.05, 4.69) is 54.6 Å². The highest BCUT2D eigenvalue weighted by Gasteiger charge is 2.25. The molecule has 2 aliphatic rings. The average molecular weight is 502 g/mol. The molecule has 10 heteroatoms. The summed E-state index contributed by atoms with van der Waals surface area (Å²) in [6, 6.07) is 14.2. The van der Waals surface area contributed by atoms with Gasteiger partial charge in [0.1, 0.15) is 11.3 Å². The number of guanidine groups is 1. The van der Waals surface area contributed by atoms with Crippen molar-refractivity contribution in [1.29, 1.82) is 0 Å². The van der Waals surface area contributed by atoms with Crippen molar-refractivity contribution in [2.24, 2.45) is 4.99 Å². The van der Waals surface area contributed by atoms with Crippen LogP contribution in [0.3, 0.4) is 0 Å². The van der Waals surface area contributed by atoms with E-state index in [9.17, 15) is 4.79 Å². The number of halogens is 2. The number of H-pyrrole nitrogens is 1. The second kappa shape index (κ2) is 11.5. The standard InChI is InChI=1S/C24H27N7O.2ClH/c1-30-10-12-31(13-11-30)16-21(17-6-3-2-4-7-17)28-24-27-20(23(32)29-24)14-18-15-26-22-19(18)8-5-9-25-22;;/h2-9,14-15,21H,10-13,16H2,1H3,(H,25,26)(H2,27,28,29,32);2*1H/t21-;;/m1../s1. The fraction of sp³-hybridized carbons (Fsp3) is 0.292. The molecule has 3 N–H and O–H groups in total. The van der Waals surface area contributed by atoms with E-state index in [0.717, 1.165) is 49.3 Å². The van der Waals surface area contributed by atoms with Gasteiger partial charge in [-0.1, -0.05) is 30.3 Å². The van der Waals surface area contributed by atoms with Gasteiger partial charge in [-0.05, 0) is 30.8 Å².